The monoisotopic (exact) mass is 687 g/mol. The zero-order valence-corrected chi connectivity index (χ0v) is 29.2. The second-order valence-corrected chi connectivity index (χ2v) is 15.1. The van der Waals surface area contributed by atoms with Crippen molar-refractivity contribution in [2.45, 2.75) is 72.1 Å². The highest BCUT2D eigenvalue weighted by Crippen LogP contribution is 2.36. The molecule has 0 aliphatic heterocycles. The number of benzene rings is 1. The molecule has 1 atom stereocenters. The van der Waals surface area contributed by atoms with Gasteiger partial charge in [-0.1, -0.05) is 24.5 Å². The van der Waals surface area contributed by atoms with Crippen LogP contribution in [0.15, 0.2) is 36.7 Å². The van der Waals surface area contributed by atoms with Crippen LogP contribution in [0.4, 0.5) is 24.9 Å². The average Bonchev–Trinajstić information content (AvgIpc) is 3.63. The molecule has 0 N–H and O–H groups in total. The zero-order chi connectivity index (χ0) is 34.8. The highest BCUT2D eigenvalue weighted by molar-refractivity contribution is 7.90. The van der Waals surface area contributed by atoms with Crippen molar-refractivity contribution in [3.8, 4) is 5.75 Å². The normalized spacial score (nSPS) is 14.9. The molecule has 14 heteroatoms. The van der Waals surface area contributed by atoms with Crippen LogP contribution >= 0.6 is 0 Å². The molecule has 3 aromatic heterocycles. The summed E-state index contributed by atoms with van der Waals surface area (Å²) < 4.78 is 72.2. The molecule has 3 heterocycles. The van der Waals surface area contributed by atoms with E-state index in [1.165, 1.54) is 44.1 Å². The summed E-state index contributed by atoms with van der Waals surface area (Å²) in [4.78, 5) is 18.4. The molecule has 260 valence electrons. The van der Waals surface area contributed by atoms with Gasteiger partial charge in [-0.05, 0) is 70.2 Å². The minimum Gasteiger partial charge on any atom is -0.489 e. The lowest BCUT2D eigenvalue weighted by atomic mass is 10.00. The largest absolute Gasteiger partial charge is 0.489 e. The fourth-order valence-corrected chi connectivity index (χ4v) is 6.83. The van der Waals surface area contributed by atoms with Crippen LogP contribution < -0.4 is 14.5 Å². The van der Waals surface area contributed by atoms with Crippen molar-refractivity contribution in [2.24, 2.45) is 13.0 Å². The van der Waals surface area contributed by atoms with Gasteiger partial charge in [0.05, 0.1) is 42.0 Å². The highest BCUT2D eigenvalue weighted by atomic mass is 32.2. The Labute approximate surface area is 280 Å². The molecule has 1 unspecified atom stereocenters. The van der Waals surface area contributed by atoms with E-state index in [-0.39, 0.29) is 30.6 Å². The first-order chi connectivity index (χ1) is 22.6. The van der Waals surface area contributed by atoms with Crippen LogP contribution in [0.1, 0.15) is 73.5 Å². The van der Waals surface area contributed by atoms with Crippen LogP contribution in [0.5, 0.6) is 5.75 Å². The van der Waals surface area contributed by atoms with E-state index < -0.39 is 27.6 Å². The van der Waals surface area contributed by atoms with Gasteiger partial charge in [0.25, 0.3) is 0 Å². The van der Waals surface area contributed by atoms with Crippen molar-refractivity contribution in [2.75, 3.05) is 41.5 Å². The molecule has 1 aliphatic carbocycles. The fourth-order valence-electron chi connectivity index (χ4n) is 6.44. The summed E-state index contributed by atoms with van der Waals surface area (Å²) in [6.45, 7) is 9.31. The molecular weight excluding hydrogens is 643 g/mol. The van der Waals surface area contributed by atoms with Crippen molar-refractivity contribution in [3.63, 3.8) is 0 Å². The lowest BCUT2D eigenvalue weighted by Gasteiger charge is -2.33. The second-order valence-electron chi connectivity index (χ2n) is 12.9. The Morgan fingerprint density at radius 3 is 2.40 bits per heavy atom. The lowest BCUT2D eigenvalue weighted by molar-refractivity contribution is -0.137. The maximum atomic E-state index is 13.9. The number of aromatic nitrogens is 5. The number of anilines is 2. The quantitative estimate of drug-likeness (QED) is 0.154. The van der Waals surface area contributed by atoms with Crippen molar-refractivity contribution in [1.82, 2.24) is 24.7 Å². The van der Waals surface area contributed by atoms with Gasteiger partial charge < -0.3 is 14.5 Å². The number of ether oxygens (including phenoxy) is 1. The third-order valence-electron chi connectivity index (χ3n) is 9.00. The SMILES string of the molecule is CCN(CC1CCCC1)c1nc2c(cc1CN(c1ncc(OCCS(C)(=O)=O)cn1)C(C)c1cc(C)cc(C(F)(F)F)c1)c(C)nn2C. The summed E-state index contributed by atoms with van der Waals surface area (Å²) in [5, 5.41) is 5.51. The minimum atomic E-state index is -4.51. The van der Waals surface area contributed by atoms with Crippen LogP contribution in [0.3, 0.4) is 0 Å². The Kier molecular flexibility index (Phi) is 10.5. The number of halogens is 3. The Morgan fingerprint density at radius 1 is 1.08 bits per heavy atom. The van der Waals surface area contributed by atoms with Gasteiger partial charge in [0, 0.05) is 37.3 Å². The minimum absolute atomic E-state index is 0.0570. The maximum absolute atomic E-state index is 13.9. The fraction of sp³-hybridized carbons (Fsp3) is 0.529. The highest BCUT2D eigenvalue weighted by Gasteiger charge is 2.32. The summed E-state index contributed by atoms with van der Waals surface area (Å²) in [6.07, 6.45) is 4.31. The first kappa shape index (κ1) is 35.4. The van der Waals surface area contributed by atoms with Crippen LogP contribution in [-0.4, -0.2) is 64.9 Å². The number of fused-ring (bicyclic) bond motifs is 1. The van der Waals surface area contributed by atoms with E-state index in [1.54, 1.807) is 17.7 Å². The maximum Gasteiger partial charge on any atom is 0.416 e. The molecule has 48 heavy (non-hydrogen) atoms. The molecule has 5 rings (SSSR count). The van der Waals surface area contributed by atoms with Gasteiger partial charge in [0.1, 0.15) is 12.4 Å². The Morgan fingerprint density at radius 2 is 1.77 bits per heavy atom. The van der Waals surface area contributed by atoms with Crippen LogP contribution in [0, 0.1) is 19.8 Å². The predicted octanol–water partition coefficient (Wildman–Crippen LogP) is 6.60. The smallest absolute Gasteiger partial charge is 0.416 e. The number of hydrogen-bond acceptors (Lipinski definition) is 9. The Hall–Kier alpha value is -3.94. The van der Waals surface area contributed by atoms with E-state index in [1.807, 2.05) is 25.8 Å². The first-order valence-corrected chi connectivity index (χ1v) is 18.3. The third kappa shape index (κ3) is 8.37. The molecular formula is C34H44F3N7O3S. The topological polar surface area (TPSA) is 106 Å². The zero-order valence-electron chi connectivity index (χ0n) is 28.4. The number of aryl methyl sites for hydroxylation is 3. The molecule has 0 saturated heterocycles. The molecule has 4 aromatic rings. The summed E-state index contributed by atoms with van der Waals surface area (Å²) in [5.74, 6) is 1.77. The van der Waals surface area contributed by atoms with Gasteiger partial charge >= 0.3 is 6.18 Å². The van der Waals surface area contributed by atoms with E-state index in [9.17, 15) is 21.6 Å². The van der Waals surface area contributed by atoms with Crippen LogP contribution in [-0.2, 0) is 29.6 Å². The third-order valence-corrected chi connectivity index (χ3v) is 9.91. The second kappa shape index (κ2) is 14.3. The van der Waals surface area contributed by atoms with Gasteiger partial charge in [-0.15, -0.1) is 0 Å². The first-order valence-electron chi connectivity index (χ1n) is 16.3. The number of sulfone groups is 1. The number of hydrogen-bond donors (Lipinski definition) is 0. The van der Waals surface area contributed by atoms with Gasteiger partial charge in [-0.2, -0.15) is 18.3 Å². The number of pyridine rings is 1. The van der Waals surface area contributed by atoms with E-state index in [2.05, 4.69) is 33.0 Å². The molecule has 1 aromatic carbocycles. The predicted molar refractivity (Wildman–Crippen MR) is 181 cm³/mol. The van der Waals surface area contributed by atoms with Crippen molar-refractivity contribution >= 4 is 32.6 Å². The van der Waals surface area contributed by atoms with E-state index >= 15 is 0 Å². The molecule has 1 saturated carbocycles. The number of alkyl halides is 3. The van der Waals surface area contributed by atoms with E-state index in [4.69, 9.17) is 9.72 Å². The lowest BCUT2D eigenvalue weighted by Crippen LogP contribution is -2.33. The summed E-state index contributed by atoms with van der Waals surface area (Å²) >= 11 is 0. The van der Waals surface area contributed by atoms with Gasteiger partial charge in [-0.3, -0.25) is 4.68 Å². The van der Waals surface area contributed by atoms with Crippen LogP contribution in [0.2, 0.25) is 0 Å². The van der Waals surface area contributed by atoms with Crippen molar-refractivity contribution in [3.05, 3.63) is 64.6 Å². The van der Waals surface area contributed by atoms with Gasteiger partial charge in [0.15, 0.2) is 21.2 Å². The molecule has 0 amide bonds. The molecule has 1 aliphatic rings. The van der Waals surface area contributed by atoms with Gasteiger partial charge in [0.2, 0.25) is 5.95 Å². The Bertz CT molecular complexity index is 1840. The standard InChI is InChI=1S/C34H44F3N7O3S/c1-7-43(20-25-10-8-9-11-25)31-27(17-30-23(3)41-42(5)32(30)40-31)21-44(24(4)26-14-22(2)15-28(16-26)34(35,36)37)33-38-18-29(19-39-33)47-12-13-48(6,45)46/h14-19,24-25H,7-13,20-21H2,1-6H3. The van der Waals surface area contributed by atoms with Crippen LogP contribution in [0.25, 0.3) is 11.0 Å². The molecule has 1 fully saturated rings. The van der Waals surface area contributed by atoms with E-state index in [0.717, 1.165) is 53.5 Å². The summed E-state index contributed by atoms with van der Waals surface area (Å²) in [7, 11) is -1.35. The molecule has 0 bridgehead atoms. The summed E-state index contributed by atoms with van der Waals surface area (Å²) in [5.41, 5.74) is 2.70. The molecule has 10 nitrogen and oxygen atoms in total. The van der Waals surface area contributed by atoms with Crippen molar-refractivity contribution < 1.29 is 26.3 Å². The molecule has 0 spiro atoms. The van der Waals surface area contributed by atoms with Gasteiger partial charge in [-0.25, -0.2) is 23.4 Å². The average molecular weight is 688 g/mol. The van der Waals surface area contributed by atoms with Crippen molar-refractivity contribution in [1.29, 1.82) is 0 Å². The molecule has 0 radical (unpaired) electrons. The summed E-state index contributed by atoms with van der Waals surface area (Å²) in [6, 6.07) is 5.58. The number of rotatable bonds is 13. The van der Waals surface area contributed by atoms with E-state index in [0.29, 0.717) is 17.0 Å². The Balaban J connectivity index is 1.59. The number of nitrogens with zero attached hydrogens (tertiary/aromatic N) is 7.